The highest BCUT2D eigenvalue weighted by molar-refractivity contribution is 5.96. The lowest BCUT2D eigenvalue weighted by molar-refractivity contribution is 0.0963. The van der Waals surface area contributed by atoms with E-state index >= 15 is 0 Å². The summed E-state index contributed by atoms with van der Waals surface area (Å²) in [4.78, 5) is 23.6. The van der Waals surface area contributed by atoms with Crippen molar-refractivity contribution in [3.05, 3.63) is 59.2 Å². The Morgan fingerprint density at radius 3 is 2.58 bits per heavy atom. The van der Waals surface area contributed by atoms with Gasteiger partial charge in [0, 0.05) is 24.8 Å². The van der Waals surface area contributed by atoms with Crippen molar-refractivity contribution in [3.63, 3.8) is 0 Å². The molecule has 0 aliphatic carbocycles. The Bertz CT molecular complexity index is 744. The van der Waals surface area contributed by atoms with Gasteiger partial charge < -0.3 is 20.7 Å². The monoisotopic (exact) mass is 327 g/mol. The number of rotatable bonds is 5. The van der Waals surface area contributed by atoms with Crippen LogP contribution in [0.15, 0.2) is 42.5 Å². The standard InChI is InChI=1S/C18H21N3O3/c1-12-9-14(17(22)19-2)7-8-16(12)21-18(23)20-11-13-5-4-6-15(10-13)24-3/h4-10H,11H2,1-3H3,(H,19,22)(H2,20,21,23). The molecular weight excluding hydrogens is 306 g/mol. The van der Waals surface area contributed by atoms with Gasteiger partial charge in [0.2, 0.25) is 0 Å². The SMILES string of the molecule is CNC(=O)c1ccc(NC(=O)NCc2cccc(OC)c2)c(C)c1. The molecule has 0 aliphatic heterocycles. The van der Waals surface area contributed by atoms with Gasteiger partial charge in [-0.05, 0) is 48.4 Å². The van der Waals surface area contributed by atoms with Crippen molar-refractivity contribution < 1.29 is 14.3 Å². The van der Waals surface area contributed by atoms with Crippen LogP contribution in [0.1, 0.15) is 21.5 Å². The molecule has 6 heteroatoms. The first-order chi connectivity index (χ1) is 11.5. The second-order valence-electron chi connectivity index (χ2n) is 5.27. The maximum atomic E-state index is 12.0. The fourth-order valence-corrected chi connectivity index (χ4v) is 2.22. The summed E-state index contributed by atoms with van der Waals surface area (Å²) >= 11 is 0. The van der Waals surface area contributed by atoms with Crippen LogP contribution >= 0.6 is 0 Å². The number of anilines is 1. The van der Waals surface area contributed by atoms with E-state index in [2.05, 4.69) is 16.0 Å². The fourth-order valence-electron chi connectivity index (χ4n) is 2.22. The number of carbonyl (C=O) groups is 2. The van der Waals surface area contributed by atoms with Gasteiger partial charge in [-0.3, -0.25) is 4.79 Å². The average Bonchev–Trinajstić information content (AvgIpc) is 2.61. The van der Waals surface area contributed by atoms with E-state index in [-0.39, 0.29) is 11.9 Å². The summed E-state index contributed by atoms with van der Waals surface area (Å²) in [6.07, 6.45) is 0. The zero-order chi connectivity index (χ0) is 17.5. The average molecular weight is 327 g/mol. The van der Waals surface area contributed by atoms with Crippen LogP contribution in [0.4, 0.5) is 10.5 Å². The first-order valence-corrected chi connectivity index (χ1v) is 7.54. The molecule has 3 amide bonds. The van der Waals surface area contributed by atoms with Crippen molar-refractivity contribution in [1.82, 2.24) is 10.6 Å². The lowest BCUT2D eigenvalue weighted by atomic mass is 10.1. The Morgan fingerprint density at radius 2 is 1.92 bits per heavy atom. The Labute approximate surface area is 141 Å². The van der Waals surface area contributed by atoms with Gasteiger partial charge in [0.25, 0.3) is 5.91 Å². The molecule has 2 aromatic carbocycles. The van der Waals surface area contributed by atoms with Crippen LogP contribution in [0.25, 0.3) is 0 Å². The molecule has 0 unspecified atom stereocenters. The predicted octanol–water partition coefficient (Wildman–Crippen LogP) is 2.68. The van der Waals surface area contributed by atoms with Crippen LogP contribution < -0.4 is 20.7 Å². The van der Waals surface area contributed by atoms with Crippen molar-refractivity contribution >= 4 is 17.6 Å². The molecule has 24 heavy (non-hydrogen) atoms. The van der Waals surface area contributed by atoms with E-state index in [1.54, 1.807) is 32.4 Å². The highest BCUT2D eigenvalue weighted by Crippen LogP contribution is 2.17. The van der Waals surface area contributed by atoms with Crippen LogP contribution in [-0.2, 0) is 6.54 Å². The third-order valence-corrected chi connectivity index (χ3v) is 3.55. The number of methoxy groups -OCH3 is 1. The molecule has 0 bridgehead atoms. The second-order valence-corrected chi connectivity index (χ2v) is 5.27. The molecule has 0 aromatic heterocycles. The number of urea groups is 1. The minimum atomic E-state index is -0.311. The number of ether oxygens (including phenoxy) is 1. The second kappa shape index (κ2) is 8.01. The quantitative estimate of drug-likeness (QED) is 0.790. The van der Waals surface area contributed by atoms with E-state index in [0.717, 1.165) is 16.9 Å². The highest BCUT2D eigenvalue weighted by atomic mass is 16.5. The molecule has 0 spiro atoms. The molecule has 126 valence electrons. The van der Waals surface area contributed by atoms with Gasteiger partial charge in [-0.25, -0.2) is 4.79 Å². The van der Waals surface area contributed by atoms with E-state index in [0.29, 0.717) is 17.8 Å². The van der Waals surface area contributed by atoms with Gasteiger partial charge in [0.1, 0.15) is 5.75 Å². The maximum Gasteiger partial charge on any atom is 0.319 e. The first-order valence-electron chi connectivity index (χ1n) is 7.54. The van der Waals surface area contributed by atoms with E-state index in [1.165, 1.54) is 0 Å². The van der Waals surface area contributed by atoms with Crippen molar-refractivity contribution in [2.45, 2.75) is 13.5 Å². The minimum Gasteiger partial charge on any atom is -0.497 e. The van der Waals surface area contributed by atoms with Crippen molar-refractivity contribution in [2.75, 3.05) is 19.5 Å². The van der Waals surface area contributed by atoms with Crippen LogP contribution in [0.5, 0.6) is 5.75 Å². The smallest absolute Gasteiger partial charge is 0.319 e. The summed E-state index contributed by atoms with van der Waals surface area (Å²) in [5.74, 6) is 0.586. The van der Waals surface area contributed by atoms with Crippen LogP contribution in [0.2, 0.25) is 0 Å². The molecule has 2 aromatic rings. The molecule has 6 nitrogen and oxygen atoms in total. The third-order valence-electron chi connectivity index (χ3n) is 3.55. The number of hydrogen-bond donors (Lipinski definition) is 3. The molecule has 0 heterocycles. The molecule has 3 N–H and O–H groups in total. The van der Waals surface area contributed by atoms with Gasteiger partial charge >= 0.3 is 6.03 Å². The predicted molar refractivity (Wildman–Crippen MR) is 93.4 cm³/mol. The number of carbonyl (C=O) groups excluding carboxylic acids is 2. The number of benzene rings is 2. The van der Waals surface area contributed by atoms with Crippen LogP contribution in [-0.4, -0.2) is 26.1 Å². The van der Waals surface area contributed by atoms with Gasteiger partial charge in [-0.15, -0.1) is 0 Å². The molecule has 0 saturated heterocycles. The summed E-state index contributed by atoms with van der Waals surface area (Å²) in [5, 5.41) is 8.14. The van der Waals surface area contributed by atoms with E-state index in [4.69, 9.17) is 4.74 Å². The van der Waals surface area contributed by atoms with Gasteiger partial charge in [0.05, 0.1) is 7.11 Å². The van der Waals surface area contributed by atoms with Crippen molar-refractivity contribution in [2.24, 2.45) is 0 Å². The van der Waals surface area contributed by atoms with Crippen molar-refractivity contribution in [1.29, 1.82) is 0 Å². The first kappa shape index (κ1) is 17.3. The van der Waals surface area contributed by atoms with E-state index in [1.807, 2.05) is 31.2 Å². The number of amides is 3. The third kappa shape index (κ3) is 4.49. The Kier molecular flexibility index (Phi) is 5.78. The topological polar surface area (TPSA) is 79.5 Å². The van der Waals surface area contributed by atoms with E-state index in [9.17, 15) is 9.59 Å². The summed E-state index contributed by atoms with van der Waals surface area (Å²) < 4.78 is 5.15. The van der Waals surface area contributed by atoms with E-state index < -0.39 is 0 Å². The zero-order valence-electron chi connectivity index (χ0n) is 14.0. The molecule has 0 atom stereocenters. The summed E-state index contributed by atoms with van der Waals surface area (Å²) in [7, 11) is 3.18. The minimum absolute atomic E-state index is 0.160. The summed E-state index contributed by atoms with van der Waals surface area (Å²) in [6.45, 7) is 2.22. The molecule has 0 aliphatic rings. The number of hydrogen-bond acceptors (Lipinski definition) is 3. The molecule has 0 radical (unpaired) electrons. The van der Waals surface area contributed by atoms with Gasteiger partial charge in [0.15, 0.2) is 0 Å². The Balaban J connectivity index is 1.95. The molecule has 0 fully saturated rings. The number of aryl methyl sites for hydroxylation is 1. The lowest BCUT2D eigenvalue weighted by Crippen LogP contribution is -2.28. The summed E-state index contributed by atoms with van der Waals surface area (Å²) in [5.41, 5.74) is 2.96. The summed E-state index contributed by atoms with van der Waals surface area (Å²) in [6, 6.07) is 12.3. The largest absolute Gasteiger partial charge is 0.497 e. The zero-order valence-corrected chi connectivity index (χ0v) is 14.0. The van der Waals surface area contributed by atoms with Crippen LogP contribution in [0, 0.1) is 6.92 Å². The number of nitrogens with one attached hydrogen (secondary N) is 3. The van der Waals surface area contributed by atoms with Crippen LogP contribution in [0.3, 0.4) is 0 Å². The Morgan fingerprint density at radius 1 is 1.12 bits per heavy atom. The fraction of sp³-hybridized carbons (Fsp3) is 0.222. The van der Waals surface area contributed by atoms with Gasteiger partial charge in [-0.1, -0.05) is 12.1 Å². The molecule has 2 rings (SSSR count). The Hall–Kier alpha value is -3.02. The maximum absolute atomic E-state index is 12.0. The molecule has 0 saturated carbocycles. The highest BCUT2D eigenvalue weighted by Gasteiger charge is 2.08. The van der Waals surface area contributed by atoms with Gasteiger partial charge in [-0.2, -0.15) is 0 Å². The molecular formula is C18H21N3O3. The lowest BCUT2D eigenvalue weighted by Gasteiger charge is -2.11. The normalized spacial score (nSPS) is 9.96. The van der Waals surface area contributed by atoms with Crippen molar-refractivity contribution in [3.8, 4) is 5.75 Å².